The highest BCUT2D eigenvalue weighted by Gasteiger charge is 2.26. The summed E-state index contributed by atoms with van der Waals surface area (Å²) in [5.41, 5.74) is 0. The zero-order valence-electron chi connectivity index (χ0n) is 10.9. The smallest absolute Gasteiger partial charge is 0.249 e. The molecule has 2 N–H and O–H groups in total. The number of ether oxygens (including phenoxy) is 1. The second-order valence-electron chi connectivity index (χ2n) is 4.54. The van der Waals surface area contributed by atoms with Gasteiger partial charge in [-0.1, -0.05) is 5.16 Å². The normalized spacial score (nSPS) is 20.0. The SMILES string of the molecule is Cc1cc(NC(=O)[C@@H](C)NC(=O)C2CCCO2)no1. The molecule has 2 atom stereocenters. The summed E-state index contributed by atoms with van der Waals surface area (Å²) in [6, 6.07) is 0.945. The van der Waals surface area contributed by atoms with E-state index in [1.165, 1.54) is 0 Å². The highest BCUT2D eigenvalue weighted by Crippen LogP contribution is 2.12. The van der Waals surface area contributed by atoms with Crippen LogP contribution in [0.3, 0.4) is 0 Å². The van der Waals surface area contributed by atoms with Crippen molar-refractivity contribution in [1.29, 1.82) is 0 Å². The Bertz CT molecular complexity index is 465. The summed E-state index contributed by atoms with van der Waals surface area (Å²) in [7, 11) is 0. The lowest BCUT2D eigenvalue weighted by molar-refractivity contribution is -0.133. The maximum absolute atomic E-state index is 11.8. The topological polar surface area (TPSA) is 93.5 Å². The molecule has 0 saturated carbocycles. The molecular formula is C12H17N3O4. The number of carbonyl (C=O) groups excluding carboxylic acids is 2. The number of aromatic nitrogens is 1. The fourth-order valence-electron chi connectivity index (χ4n) is 1.82. The first-order valence-electron chi connectivity index (χ1n) is 6.22. The first kappa shape index (κ1) is 13.5. The van der Waals surface area contributed by atoms with Gasteiger partial charge in [-0.15, -0.1) is 0 Å². The van der Waals surface area contributed by atoms with E-state index < -0.39 is 12.1 Å². The molecule has 1 aliphatic heterocycles. The van der Waals surface area contributed by atoms with E-state index in [4.69, 9.17) is 9.26 Å². The number of hydrogen-bond acceptors (Lipinski definition) is 5. The average molecular weight is 267 g/mol. The van der Waals surface area contributed by atoms with Crippen molar-refractivity contribution >= 4 is 17.6 Å². The van der Waals surface area contributed by atoms with E-state index in [1.807, 2.05) is 0 Å². The van der Waals surface area contributed by atoms with E-state index in [0.29, 0.717) is 24.6 Å². The molecule has 2 amide bonds. The Morgan fingerprint density at radius 3 is 2.89 bits per heavy atom. The average Bonchev–Trinajstić information content (AvgIpc) is 3.00. The summed E-state index contributed by atoms with van der Waals surface area (Å²) >= 11 is 0. The lowest BCUT2D eigenvalue weighted by Gasteiger charge is -2.15. The van der Waals surface area contributed by atoms with Gasteiger partial charge in [0.25, 0.3) is 0 Å². The van der Waals surface area contributed by atoms with Gasteiger partial charge in [-0.25, -0.2) is 0 Å². The van der Waals surface area contributed by atoms with Crippen molar-refractivity contribution in [1.82, 2.24) is 10.5 Å². The number of nitrogens with zero attached hydrogens (tertiary/aromatic N) is 1. The van der Waals surface area contributed by atoms with Gasteiger partial charge in [0.05, 0.1) is 0 Å². The third-order valence-corrected chi connectivity index (χ3v) is 2.85. The maximum atomic E-state index is 11.8. The first-order valence-corrected chi connectivity index (χ1v) is 6.22. The summed E-state index contributed by atoms with van der Waals surface area (Å²) < 4.78 is 10.1. The van der Waals surface area contributed by atoms with Crippen LogP contribution in [0.4, 0.5) is 5.82 Å². The minimum absolute atomic E-state index is 0.253. The Morgan fingerprint density at radius 2 is 2.32 bits per heavy atom. The second kappa shape index (κ2) is 5.83. The fourth-order valence-corrected chi connectivity index (χ4v) is 1.82. The third-order valence-electron chi connectivity index (χ3n) is 2.85. The van der Waals surface area contributed by atoms with Crippen molar-refractivity contribution in [3.63, 3.8) is 0 Å². The Labute approximate surface area is 110 Å². The molecule has 2 rings (SSSR count). The van der Waals surface area contributed by atoms with Crippen molar-refractivity contribution < 1.29 is 18.8 Å². The van der Waals surface area contributed by atoms with Crippen LogP contribution in [0, 0.1) is 6.92 Å². The van der Waals surface area contributed by atoms with E-state index >= 15 is 0 Å². The fraction of sp³-hybridized carbons (Fsp3) is 0.583. The predicted molar refractivity (Wildman–Crippen MR) is 66.4 cm³/mol. The Kier molecular flexibility index (Phi) is 4.16. The summed E-state index contributed by atoms with van der Waals surface area (Å²) in [5, 5.41) is 8.82. The number of hydrogen-bond donors (Lipinski definition) is 2. The van der Waals surface area contributed by atoms with E-state index in [9.17, 15) is 9.59 Å². The monoisotopic (exact) mass is 267 g/mol. The quantitative estimate of drug-likeness (QED) is 0.833. The van der Waals surface area contributed by atoms with Crippen molar-refractivity contribution in [2.45, 2.75) is 38.8 Å². The van der Waals surface area contributed by atoms with Gasteiger partial charge in [0, 0.05) is 12.7 Å². The second-order valence-corrected chi connectivity index (χ2v) is 4.54. The van der Waals surface area contributed by atoms with Crippen molar-refractivity contribution in [3.05, 3.63) is 11.8 Å². The maximum Gasteiger partial charge on any atom is 0.249 e. The largest absolute Gasteiger partial charge is 0.368 e. The van der Waals surface area contributed by atoms with Crippen LogP contribution >= 0.6 is 0 Å². The van der Waals surface area contributed by atoms with E-state index in [0.717, 1.165) is 6.42 Å². The molecule has 1 aromatic heterocycles. The van der Waals surface area contributed by atoms with Crippen LogP contribution in [-0.2, 0) is 14.3 Å². The van der Waals surface area contributed by atoms with Crippen molar-refractivity contribution in [2.24, 2.45) is 0 Å². The minimum atomic E-state index is -0.659. The zero-order valence-corrected chi connectivity index (χ0v) is 10.9. The molecular weight excluding hydrogens is 250 g/mol. The first-order chi connectivity index (χ1) is 9.06. The summed E-state index contributed by atoms with van der Waals surface area (Å²) in [5.74, 6) is 0.336. The predicted octanol–water partition coefficient (Wildman–Crippen LogP) is 0.605. The molecule has 0 aliphatic carbocycles. The van der Waals surface area contributed by atoms with Crippen molar-refractivity contribution in [3.8, 4) is 0 Å². The molecule has 19 heavy (non-hydrogen) atoms. The van der Waals surface area contributed by atoms with Gasteiger partial charge in [-0.2, -0.15) is 0 Å². The van der Waals surface area contributed by atoms with Gasteiger partial charge in [0.1, 0.15) is 17.9 Å². The van der Waals surface area contributed by atoms with Crippen LogP contribution in [0.25, 0.3) is 0 Å². The molecule has 0 aromatic carbocycles. The Morgan fingerprint density at radius 1 is 1.53 bits per heavy atom. The molecule has 104 valence electrons. The zero-order chi connectivity index (χ0) is 13.8. The Hall–Kier alpha value is -1.89. The summed E-state index contributed by atoms with van der Waals surface area (Å²) in [4.78, 5) is 23.6. The van der Waals surface area contributed by atoms with E-state index in [-0.39, 0.29) is 11.8 Å². The van der Waals surface area contributed by atoms with Gasteiger partial charge in [0.15, 0.2) is 5.82 Å². The van der Waals surface area contributed by atoms with Gasteiger partial charge >= 0.3 is 0 Å². The molecule has 1 fully saturated rings. The van der Waals surface area contributed by atoms with E-state index in [1.54, 1.807) is 19.9 Å². The van der Waals surface area contributed by atoms with E-state index in [2.05, 4.69) is 15.8 Å². The number of rotatable bonds is 4. The molecule has 1 aliphatic rings. The number of anilines is 1. The number of aryl methyl sites for hydroxylation is 1. The number of amides is 2. The van der Waals surface area contributed by atoms with Gasteiger partial charge < -0.3 is 19.9 Å². The molecule has 1 unspecified atom stereocenters. The Balaban J connectivity index is 1.83. The molecule has 7 nitrogen and oxygen atoms in total. The molecule has 7 heteroatoms. The number of nitrogens with one attached hydrogen (secondary N) is 2. The lowest BCUT2D eigenvalue weighted by Crippen LogP contribution is -2.45. The van der Waals surface area contributed by atoms with Crippen LogP contribution < -0.4 is 10.6 Å². The van der Waals surface area contributed by atoms with Gasteiger partial charge in [0.2, 0.25) is 11.8 Å². The molecule has 0 radical (unpaired) electrons. The highest BCUT2D eigenvalue weighted by molar-refractivity contribution is 5.96. The molecule has 0 spiro atoms. The molecule has 1 saturated heterocycles. The molecule has 1 aromatic rings. The van der Waals surface area contributed by atoms with Crippen LogP contribution in [0.5, 0.6) is 0 Å². The van der Waals surface area contributed by atoms with Crippen LogP contribution in [0.2, 0.25) is 0 Å². The minimum Gasteiger partial charge on any atom is -0.368 e. The highest BCUT2D eigenvalue weighted by atomic mass is 16.5. The molecule has 2 heterocycles. The number of carbonyl (C=O) groups is 2. The summed E-state index contributed by atoms with van der Waals surface area (Å²) in [6.07, 6.45) is 1.13. The van der Waals surface area contributed by atoms with Crippen LogP contribution in [0.15, 0.2) is 10.6 Å². The van der Waals surface area contributed by atoms with Gasteiger partial charge in [-0.05, 0) is 26.7 Å². The standard InChI is InChI=1S/C12H17N3O4/c1-7-6-10(15-19-7)14-11(16)8(2)13-12(17)9-4-3-5-18-9/h6,8-9H,3-5H2,1-2H3,(H,13,17)(H,14,15,16)/t8-,9?/m1/s1. The molecule has 0 bridgehead atoms. The third kappa shape index (κ3) is 3.54. The van der Waals surface area contributed by atoms with Gasteiger partial charge in [-0.3, -0.25) is 9.59 Å². The van der Waals surface area contributed by atoms with Crippen molar-refractivity contribution in [2.75, 3.05) is 11.9 Å². The lowest BCUT2D eigenvalue weighted by atomic mass is 10.2. The summed E-state index contributed by atoms with van der Waals surface area (Å²) in [6.45, 7) is 3.93. The van der Waals surface area contributed by atoms with Crippen LogP contribution in [0.1, 0.15) is 25.5 Å². The van der Waals surface area contributed by atoms with Crippen LogP contribution in [-0.4, -0.2) is 35.7 Å².